The van der Waals surface area contributed by atoms with Crippen molar-refractivity contribution in [2.45, 2.75) is 11.8 Å². The number of sulfonamides is 1. The van der Waals surface area contributed by atoms with Crippen LogP contribution in [0.15, 0.2) is 53.4 Å². The highest BCUT2D eigenvalue weighted by Crippen LogP contribution is 2.17. The lowest BCUT2D eigenvalue weighted by molar-refractivity contribution is -0.115. The number of nitrogens with one attached hydrogen (secondary N) is 1. The van der Waals surface area contributed by atoms with Gasteiger partial charge in [-0.05, 0) is 43.3 Å². The summed E-state index contributed by atoms with van der Waals surface area (Å²) >= 11 is 0. The molecule has 2 rings (SSSR count). The summed E-state index contributed by atoms with van der Waals surface area (Å²) in [5.74, 6) is -0.736. The smallest absolute Gasteiger partial charge is 0.243 e. The second-order valence-electron chi connectivity index (χ2n) is 5.12. The summed E-state index contributed by atoms with van der Waals surface area (Å²) in [5.41, 5.74) is 0.910. The monoisotopic (exact) mass is 351 g/mol. The van der Waals surface area contributed by atoms with Crippen LogP contribution in [0.2, 0.25) is 0 Å². The van der Waals surface area contributed by atoms with Crippen LogP contribution in [0.1, 0.15) is 6.92 Å². The number of amides is 1. The van der Waals surface area contributed by atoms with Gasteiger partial charge in [-0.25, -0.2) is 17.9 Å². The second-order valence-corrected chi connectivity index (χ2v) is 6.68. The number of carbonyl (C=O) groups is 1. The molecule has 0 atom stereocenters. The predicted octanol–water partition coefficient (Wildman–Crippen LogP) is 1.94. The van der Waals surface area contributed by atoms with E-state index in [1.807, 2.05) is 6.92 Å². The molecule has 0 spiro atoms. The first-order valence-corrected chi connectivity index (χ1v) is 8.77. The fraction of sp³-hybridized carbons (Fsp3) is 0.188. The summed E-state index contributed by atoms with van der Waals surface area (Å²) in [6.45, 7) is 2.35. The third kappa shape index (κ3) is 4.77. The Bertz CT molecular complexity index is 840. The minimum Gasteiger partial charge on any atom is -0.362 e. The van der Waals surface area contributed by atoms with Crippen molar-refractivity contribution in [2.24, 2.45) is 5.14 Å². The number of halogens is 1. The van der Waals surface area contributed by atoms with Gasteiger partial charge in [0, 0.05) is 17.9 Å². The molecule has 1 amide bonds. The molecule has 0 radical (unpaired) electrons. The van der Waals surface area contributed by atoms with E-state index in [-0.39, 0.29) is 23.2 Å². The van der Waals surface area contributed by atoms with Crippen LogP contribution >= 0.6 is 0 Å². The Kier molecular flexibility index (Phi) is 5.53. The van der Waals surface area contributed by atoms with Crippen LogP contribution in [0.25, 0.3) is 0 Å². The maximum atomic E-state index is 13.3. The zero-order chi connectivity index (χ0) is 17.7. The molecule has 6 nitrogen and oxygen atoms in total. The molecule has 3 N–H and O–H groups in total. The molecule has 2 aromatic rings. The standard InChI is InChI=1S/C16H18FN3O3S/c1-2-20(14-7-3-5-12(17)9-14)11-16(21)19-13-6-4-8-15(10-13)24(18,22)23/h3-10H,2,11H2,1H3,(H,19,21)(H2,18,22,23). The number of nitrogens with two attached hydrogens (primary N) is 1. The quantitative estimate of drug-likeness (QED) is 0.832. The van der Waals surface area contributed by atoms with Gasteiger partial charge >= 0.3 is 0 Å². The van der Waals surface area contributed by atoms with E-state index in [4.69, 9.17) is 5.14 Å². The first-order chi connectivity index (χ1) is 11.3. The van der Waals surface area contributed by atoms with Gasteiger partial charge in [-0.15, -0.1) is 0 Å². The number of hydrogen-bond acceptors (Lipinski definition) is 4. The van der Waals surface area contributed by atoms with Gasteiger partial charge in [0.05, 0.1) is 11.4 Å². The first kappa shape index (κ1) is 17.9. The Morgan fingerprint density at radius 2 is 1.92 bits per heavy atom. The summed E-state index contributed by atoms with van der Waals surface area (Å²) in [6.07, 6.45) is 0. The molecular formula is C16H18FN3O3S. The topological polar surface area (TPSA) is 92.5 Å². The van der Waals surface area contributed by atoms with Crippen LogP contribution in [0.4, 0.5) is 15.8 Å². The van der Waals surface area contributed by atoms with E-state index in [2.05, 4.69) is 5.32 Å². The number of hydrogen-bond donors (Lipinski definition) is 2. The lowest BCUT2D eigenvalue weighted by atomic mass is 10.2. The largest absolute Gasteiger partial charge is 0.362 e. The SMILES string of the molecule is CCN(CC(=O)Nc1cccc(S(N)(=O)=O)c1)c1cccc(F)c1. The normalized spacial score (nSPS) is 11.1. The molecule has 0 bridgehead atoms. The summed E-state index contributed by atoms with van der Waals surface area (Å²) < 4.78 is 36.0. The molecule has 0 aliphatic rings. The molecule has 0 aromatic heterocycles. The van der Waals surface area contributed by atoms with E-state index in [0.717, 1.165) is 0 Å². The van der Waals surface area contributed by atoms with Crippen molar-refractivity contribution in [1.29, 1.82) is 0 Å². The molecule has 0 saturated heterocycles. The average Bonchev–Trinajstić information content (AvgIpc) is 2.52. The third-order valence-corrected chi connectivity index (χ3v) is 4.25. The highest BCUT2D eigenvalue weighted by atomic mass is 32.2. The summed E-state index contributed by atoms with van der Waals surface area (Å²) in [5, 5.41) is 7.67. The fourth-order valence-corrected chi connectivity index (χ4v) is 2.74. The number of likely N-dealkylation sites (N-methyl/N-ethyl adjacent to an activating group) is 1. The van der Waals surface area contributed by atoms with E-state index in [1.54, 1.807) is 23.1 Å². The van der Waals surface area contributed by atoms with Gasteiger partial charge in [0.25, 0.3) is 0 Å². The average molecular weight is 351 g/mol. The maximum Gasteiger partial charge on any atom is 0.243 e. The van der Waals surface area contributed by atoms with Crippen molar-refractivity contribution in [3.05, 3.63) is 54.3 Å². The van der Waals surface area contributed by atoms with Gasteiger partial charge in [0.1, 0.15) is 5.82 Å². The van der Waals surface area contributed by atoms with Crippen molar-refractivity contribution in [1.82, 2.24) is 0 Å². The van der Waals surface area contributed by atoms with Crippen molar-refractivity contribution in [3.63, 3.8) is 0 Å². The molecule has 0 heterocycles. The van der Waals surface area contributed by atoms with E-state index in [9.17, 15) is 17.6 Å². The third-order valence-electron chi connectivity index (χ3n) is 3.34. The molecule has 0 aliphatic heterocycles. The molecule has 2 aromatic carbocycles. The second kappa shape index (κ2) is 7.41. The fourth-order valence-electron chi connectivity index (χ4n) is 2.18. The Morgan fingerprint density at radius 3 is 2.54 bits per heavy atom. The van der Waals surface area contributed by atoms with Crippen LogP contribution in [0, 0.1) is 5.82 Å². The van der Waals surface area contributed by atoms with Gasteiger partial charge < -0.3 is 10.2 Å². The Morgan fingerprint density at radius 1 is 1.21 bits per heavy atom. The van der Waals surface area contributed by atoms with E-state index < -0.39 is 10.0 Å². The van der Waals surface area contributed by atoms with Crippen LogP contribution < -0.4 is 15.4 Å². The number of primary sulfonamides is 1. The van der Waals surface area contributed by atoms with Gasteiger partial charge in [-0.1, -0.05) is 12.1 Å². The Labute approximate surface area is 140 Å². The molecular weight excluding hydrogens is 333 g/mol. The van der Waals surface area contributed by atoms with Crippen molar-refractivity contribution < 1.29 is 17.6 Å². The number of carbonyl (C=O) groups excluding carboxylic acids is 1. The molecule has 0 saturated carbocycles. The molecule has 0 fully saturated rings. The first-order valence-electron chi connectivity index (χ1n) is 7.23. The number of benzene rings is 2. The number of nitrogens with zero attached hydrogens (tertiary/aromatic N) is 1. The van der Waals surface area contributed by atoms with Crippen LogP contribution in [0.5, 0.6) is 0 Å². The van der Waals surface area contributed by atoms with Gasteiger partial charge in [0.15, 0.2) is 0 Å². The molecule has 8 heteroatoms. The maximum absolute atomic E-state index is 13.3. The minimum absolute atomic E-state index is 0.000441. The Hall–Kier alpha value is -2.45. The summed E-state index contributed by atoms with van der Waals surface area (Å²) in [6, 6.07) is 11.6. The predicted molar refractivity (Wildman–Crippen MR) is 90.7 cm³/mol. The minimum atomic E-state index is -3.84. The number of rotatable bonds is 6. The van der Waals surface area contributed by atoms with Crippen LogP contribution in [-0.2, 0) is 14.8 Å². The summed E-state index contributed by atoms with van der Waals surface area (Å²) in [7, 11) is -3.84. The van der Waals surface area contributed by atoms with Crippen LogP contribution in [-0.4, -0.2) is 27.4 Å². The van der Waals surface area contributed by atoms with Gasteiger partial charge in [-0.2, -0.15) is 0 Å². The zero-order valence-electron chi connectivity index (χ0n) is 13.1. The zero-order valence-corrected chi connectivity index (χ0v) is 13.9. The molecule has 0 aliphatic carbocycles. The lowest BCUT2D eigenvalue weighted by Gasteiger charge is -2.22. The lowest BCUT2D eigenvalue weighted by Crippen LogP contribution is -2.33. The van der Waals surface area contributed by atoms with Crippen molar-refractivity contribution in [3.8, 4) is 0 Å². The molecule has 128 valence electrons. The van der Waals surface area contributed by atoms with E-state index >= 15 is 0 Å². The number of anilines is 2. The highest BCUT2D eigenvalue weighted by molar-refractivity contribution is 7.89. The highest BCUT2D eigenvalue weighted by Gasteiger charge is 2.13. The van der Waals surface area contributed by atoms with E-state index in [1.165, 1.54) is 30.3 Å². The molecule has 24 heavy (non-hydrogen) atoms. The van der Waals surface area contributed by atoms with Crippen molar-refractivity contribution >= 4 is 27.3 Å². The Balaban J connectivity index is 2.10. The van der Waals surface area contributed by atoms with Crippen molar-refractivity contribution in [2.75, 3.05) is 23.3 Å². The summed E-state index contributed by atoms with van der Waals surface area (Å²) in [4.78, 5) is 13.8. The van der Waals surface area contributed by atoms with E-state index in [0.29, 0.717) is 17.9 Å². The molecule has 0 unspecified atom stereocenters. The van der Waals surface area contributed by atoms with Gasteiger partial charge in [0.2, 0.25) is 15.9 Å². The van der Waals surface area contributed by atoms with Gasteiger partial charge in [-0.3, -0.25) is 4.79 Å². The van der Waals surface area contributed by atoms with Crippen LogP contribution in [0.3, 0.4) is 0 Å².